The predicted molar refractivity (Wildman–Crippen MR) is 72.0 cm³/mol. The van der Waals surface area contributed by atoms with E-state index in [4.69, 9.17) is 5.11 Å². The molecule has 18 heavy (non-hydrogen) atoms. The molecule has 1 aromatic carbocycles. The summed E-state index contributed by atoms with van der Waals surface area (Å²) >= 11 is 4.68. The molecular formula is C10H8BrN3O3S. The number of carbonyl (C=O) groups is 2. The number of rotatable bonds is 3. The molecule has 1 aromatic heterocycles. The summed E-state index contributed by atoms with van der Waals surface area (Å²) in [4.78, 5) is 25.8. The van der Waals surface area contributed by atoms with E-state index in [9.17, 15) is 9.59 Å². The van der Waals surface area contributed by atoms with Crippen molar-refractivity contribution in [1.82, 2.24) is 10.3 Å². The molecule has 0 aliphatic carbocycles. The van der Waals surface area contributed by atoms with E-state index in [1.54, 1.807) is 0 Å². The number of anilines is 1. The highest BCUT2D eigenvalue weighted by molar-refractivity contribution is 9.10. The summed E-state index contributed by atoms with van der Waals surface area (Å²) in [5.74, 6) is -0.449. The van der Waals surface area contributed by atoms with Crippen LogP contribution in [0.25, 0.3) is 10.2 Å². The van der Waals surface area contributed by atoms with Crippen LogP contribution in [0.3, 0.4) is 0 Å². The van der Waals surface area contributed by atoms with Crippen LogP contribution < -0.4 is 10.6 Å². The third-order valence-electron chi connectivity index (χ3n) is 2.00. The summed E-state index contributed by atoms with van der Waals surface area (Å²) in [6.45, 7) is -0.297. The Labute approximate surface area is 114 Å². The molecule has 2 amide bonds. The third kappa shape index (κ3) is 3.17. The lowest BCUT2D eigenvalue weighted by atomic mass is 10.3. The zero-order chi connectivity index (χ0) is 13.1. The predicted octanol–water partition coefficient (Wildman–Crippen LogP) is 2.26. The van der Waals surface area contributed by atoms with E-state index in [0.29, 0.717) is 5.13 Å². The highest BCUT2D eigenvalue weighted by Crippen LogP contribution is 2.28. The summed E-state index contributed by atoms with van der Waals surface area (Å²) in [6, 6.07) is 5.60. The molecule has 0 fully saturated rings. The van der Waals surface area contributed by atoms with Gasteiger partial charge in [0.2, 0.25) is 5.91 Å². The molecule has 94 valence electrons. The zero-order valence-corrected chi connectivity index (χ0v) is 11.3. The number of nitrogens with one attached hydrogen (secondary N) is 2. The molecule has 0 saturated carbocycles. The van der Waals surface area contributed by atoms with Gasteiger partial charge in [-0.3, -0.25) is 4.79 Å². The smallest absolute Gasteiger partial charge is 0.405 e. The van der Waals surface area contributed by atoms with Crippen molar-refractivity contribution in [1.29, 1.82) is 0 Å². The second kappa shape index (κ2) is 5.32. The Hall–Kier alpha value is -1.67. The van der Waals surface area contributed by atoms with Gasteiger partial charge in [-0.05, 0) is 18.2 Å². The Morgan fingerprint density at radius 3 is 2.94 bits per heavy atom. The summed E-state index contributed by atoms with van der Waals surface area (Å²) < 4.78 is 1.87. The highest BCUT2D eigenvalue weighted by Gasteiger charge is 2.08. The van der Waals surface area contributed by atoms with E-state index in [0.717, 1.165) is 14.7 Å². The van der Waals surface area contributed by atoms with Crippen LogP contribution in [0.5, 0.6) is 0 Å². The first-order chi connectivity index (χ1) is 8.54. The largest absolute Gasteiger partial charge is 0.465 e. The Bertz CT molecular complexity index is 613. The molecule has 6 nitrogen and oxygen atoms in total. The summed E-state index contributed by atoms with van der Waals surface area (Å²) in [6.07, 6.45) is -1.24. The molecule has 0 atom stereocenters. The van der Waals surface area contributed by atoms with Crippen molar-refractivity contribution < 1.29 is 14.7 Å². The van der Waals surface area contributed by atoms with Gasteiger partial charge in [-0.1, -0.05) is 27.3 Å². The first-order valence-corrected chi connectivity index (χ1v) is 6.48. The van der Waals surface area contributed by atoms with Crippen molar-refractivity contribution >= 4 is 54.6 Å². The van der Waals surface area contributed by atoms with Crippen molar-refractivity contribution in [2.45, 2.75) is 0 Å². The molecule has 0 bridgehead atoms. The van der Waals surface area contributed by atoms with E-state index < -0.39 is 12.0 Å². The van der Waals surface area contributed by atoms with Crippen molar-refractivity contribution in [3.05, 3.63) is 22.7 Å². The number of nitrogens with zero attached hydrogens (tertiary/aromatic N) is 1. The SMILES string of the molecule is O=C(O)NCC(=O)Nc1nc2ccc(Br)cc2s1. The van der Waals surface area contributed by atoms with Gasteiger partial charge in [0.15, 0.2) is 5.13 Å². The Morgan fingerprint density at radius 1 is 1.44 bits per heavy atom. The average molecular weight is 330 g/mol. The van der Waals surface area contributed by atoms with Gasteiger partial charge in [0.1, 0.15) is 6.54 Å². The van der Waals surface area contributed by atoms with Gasteiger partial charge in [0.25, 0.3) is 0 Å². The van der Waals surface area contributed by atoms with Crippen molar-refractivity contribution in [2.24, 2.45) is 0 Å². The molecule has 8 heteroatoms. The van der Waals surface area contributed by atoms with E-state index in [-0.39, 0.29) is 6.54 Å². The maximum atomic E-state index is 11.4. The maximum Gasteiger partial charge on any atom is 0.405 e. The number of hydrogen-bond acceptors (Lipinski definition) is 4. The average Bonchev–Trinajstić information content (AvgIpc) is 2.67. The molecule has 1 heterocycles. The Morgan fingerprint density at radius 2 is 2.22 bits per heavy atom. The van der Waals surface area contributed by atoms with Crippen LogP contribution in [0.1, 0.15) is 0 Å². The molecule has 0 spiro atoms. The van der Waals surface area contributed by atoms with Crippen LogP contribution in [0.2, 0.25) is 0 Å². The minimum atomic E-state index is -1.24. The summed E-state index contributed by atoms with van der Waals surface area (Å²) in [5.41, 5.74) is 0.782. The number of benzene rings is 1. The summed E-state index contributed by atoms with van der Waals surface area (Å²) in [7, 11) is 0. The van der Waals surface area contributed by atoms with Gasteiger partial charge in [-0.2, -0.15) is 0 Å². The van der Waals surface area contributed by atoms with Crippen LogP contribution in [0.4, 0.5) is 9.93 Å². The van der Waals surface area contributed by atoms with Crippen molar-refractivity contribution in [3.8, 4) is 0 Å². The van der Waals surface area contributed by atoms with E-state index in [1.807, 2.05) is 23.5 Å². The molecule has 0 aliphatic heterocycles. The molecule has 0 saturated heterocycles. The molecule has 2 rings (SSSR count). The van der Waals surface area contributed by atoms with Crippen LogP contribution in [-0.4, -0.2) is 28.6 Å². The lowest BCUT2D eigenvalue weighted by molar-refractivity contribution is -0.115. The lowest BCUT2D eigenvalue weighted by Gasteiger charge is -2.00. The quantitative estimate of drug-likeness (QED) is 0.805. The molecule has 0 aliphatic rings. The minimum absolute atomic E-state index is 0.297. The number of halogens is 1. The number of fused-ring (bicyclic) bond motifs is 1. The molecule has 2 aromatic rings. The third-order valence-corrected chi connectivity index (χ3v) is 3.42. The van der Waals surface area contributed by atoms with Gasteiger partial charge in [-0.25, -0.2) is 9.78 Å². The number of hydrogen-bond donors (Lipinski definition) is 3. The number of aromatic nitrogens is 1. The number of carbonyl (C=O) groups excluding carboxylic acids is 1. The van der Waals surface area contributed by atoms with Gasteiger partial charge in [0.05, 0.1) is 10.2 Å². The topological polar surface area (TPSA) is 91.3 Å². The van der Waals surface area contributed by atoms with Crippen LogP contribution in [-0.2, 0) is 4.79 Å². The molecular weight excluding hydrogens is 322 g/mol. The van der Waals surface area contributed by atoms with Gasteiger partial charge in [-0.15, -0.1) is 0 Å². The van der Waals surface area contributed by atoms with Crippen molar-refractivity contribution in [2.75, 3.05) is 11.9 Å². The number of carboxylic acid groups (broad SMARTS) is 1. The Kier molecular flexibility index (Phi) is 3.78. The van der Waals surface area contributed by atoms with Crippen LogP contribution in [0, 0.1) is 0 Å². The highest BCUT2D eigenvalue weighted by atomic mass is 79.9. The zero-order valence-electron chi connectivity index (χ0n) is 8.94. The van der Waals surface area contributed by atoms with Gasteiger partial charge < -0.3 is 15.7 Å². The van der Waals surface area contributed by atoms with Crippen LogP contribution >= 0.6 is 27.3 Å². The number of amides is 2. The van der Waals surface area contributed by atoms with Gasteiger partial charge >= 0.3 is 6.09 Å². The second-order valence-corrected chi connectivity index (χ2v) is 5.28. The van der Waals surface area contributed by atoms with E-state index in [2.05, 4.69) is 26.2 Å². The molecule has 0 unspecified atom stereocenters. The minimum Gasteiger partial charge on any atom is -0.465 e. The number of thiazole rings is 1. The first kappa shape index (κ1) is 12.8. The first-order valence-electron chi connectivity index (χ1n) is 4.87. The molecule has 0 radical (unpaired) electrons. The van der Waals surface area contributed by atoms with E-state index >= 15 is 0 Å². The fraction of sp³-hybridized carbons (Fsp3) is 0.100. The normalized spacial score (nSPS) is 10.3. The fourth-order valence-electron chi connectivity index (χ4n) is 1.27. The monoisotopic (exact) mass is 329 g/mol. The van der Waals surface area contributed by atoms with E-state index in [1.165, 1.54) is 11.3 Å². The van der Waals surface area contributed by atoms with Gasteiger partial charge in [0, 0.05) is 4.47 Å². The summed E-state index contributed by atoms with van der Waals surface area (Å²) in [5, 5.41) is 13.3. The standard InChI is InChI=1S/C10H8BrN3O3S/c11-5-1-2-6-7(3-5)18-9(13-6)14-8(15)4-12-10(16)17/h1-3,12H,4H2,(H,16,17)(H,13,14,15). The maximum absolute atomic E-state index is 11.4. The molecule has 3 N–H and O–H groups in total. The lowest BCUT2D eigenvalue weighted by Crippen LogP contribution is -2.31. The Balaban J connectivity index is 2.07. The second-order valence-electron chi connectivity index (χ2n) is 3.34. The fourth-order valence-corrected chi connectivity index (χ4v) is 2.71. The van der Waals surface area contributed by atoms with Crippen molar-refractivity contribution in [3.63, 3.8) is 0 Å². The van der Waals surface area contributed by atoms with Crippen LogP contribution in [0.15, 0.2) is 22.7 Å².